The fraction of sp³-hybridized carbons (Fsp3) is 0.400. The Kier molecular flexibility index (Phi) is 3.98. The Balaban J connectivity index is 2.26. The molecule has 0 saturated carbocycles. The van der Waals surface area contributed by atoms with E-state index in [1.807, 2.05) is 6.92 Å². The number of aromatic nitrogens is 4. The van der Waals surface area contributed by atoms with Crippen LogP contribution in [0, 0.1) is 0 Å². The molecule has 0 aliphatic carbocycles. The lowest BCUT2D eigenvalue weighted by atomic mass is 10.2. The van der Waals surface area contributed by atoms with Gasteiger partial charge in [-0.2, -0.15) is 9.82 Å². The Morgan fingerprint density at radius 1 is 1.53 bits per heavy atom. The quantitative estimate of drug-likeness (QED) is 0.594. The standard InChI is InChI=1S/C10H16N6O2S/c1-2-8(9-12-3-4-13-9)16-19(17,18)10-7(5-11)6-14-15-10/h3-4,6,8,16H,2,5,11H2,1H3,(H,12,13)(H,14,15). The highest BCUT2D eigenvalue weighted by Crippen LogP contribution is 2.17. The number of H-pyrrole nitrogens is 2. The summed E-state index contributed by atoms with van der Waals surface area (Å²) in [4.78, 5) is 6.96. The average Bonchev–Trinajstić information content (AvgIpc) is 3.06. The van der Waals surface area contributed by atoms with Crippen molar-refractivity contribution < 1.29 is 8.42 Å². The van der Waals surface area contributed by atoms with Gasteiger partial charge in [-0.05, 0) is 6.42 Å². The van der Waals surface area contributed by atoms with E-state index in [2.05, 4.69) is 24.9 Å². The molecule has 0 radical (unpaired) electrons. The van der Waals surface area contributed by atoms with Gasteiger partial charge in [-0.25, -0.2) is 13.4 Å². The largest absolute Gasteiger partial charge is 0.347 e. The van der Waals surface area contributed by atoms with E-state index in [9.17, 15) is 8.42 Å². The number of nitrogens with zero attached hydrogens (tertiary/aromatic N) is 2. The Bertz CT molecular complexity index is 618. The van der Waals surface area contributed by atoms with E-state index < -0.39 is 16.1 Å². The van der Waals surface area contributed by atoms with E-state index in [0.29, 0.717) is 17.8 Å². The first-order valence-corrected chi connectivity index (χ1v) is 7.30. The maximum absolute atomic E-state index is 12.3. The van der Waals surface area contributed by atoms with Gasteiger partial charge in [0, 0.05) is 24.5 Å². The van der Waals surface area contributed by atoms with Crippen molar-refractivity contribution in [3.8, 4) is 0 Å². The van der Waals surface area contributed by atoms with Gasteiger partial charge in [-0.15, -0.1) is 0 Å². The first kappa shape index (κ1) is 13.7. The number of nitrogens with one attached hydrogen (secondary N) is 3. The monoisotopic (exact) mass is 284 g/mol. The highest BCUT2D eigenvalue weighted by molar-refractivity contribution is 7.89. The molecule has 2 aromatic rings. The summed E-state index contributed by atoms with van der Waals surface area (Å²) in [6.45, 7) is 1.97. The minimum absolute atomic E-state index is 0.00000567. The third kappa shape index (κ3) is 2.83. The van der Waals surface area contributed by atoms with Gasteiger partial charge in [0.1, 0.15) is 5.82 Å². The molecule has 0 spiro atoms. The molecular formula is C10H16N6O2S. The second-order valence-electron chi connectivity index (χ2n) is 3.99. The highest BCUT2D eigenvalue weighted by Gasteiger charge is 2.25. The fourth-order valence-electron chi connectivity index (χ4n) is 1.72. The third-order valence-electron chi connectivity index (χ3n) is 2.72. The summed E-state index contributed by atoms with van der Waals surface area (Å²) in [6, 6.07) is -0.422. The Morgan fingerprint density at radius 3 is 2.89 bits per heavy atom. The maximum atomic E-state index is 12.3. The van der Waals surface area contributed by atoms with Crippen molar-refractivity contribution in [2.75, 3.05) is 0 Å². The van der Waals surface area contributed by atoms with Crippen molar-refractivity contribution in [3.05, 3.63) is 30.0 Å². The van der Waals surface area contributed by atoms with Gasteiger partial charge >= 0.3 is 0 Å². The summed E-state index contributed by atoms with van der Waals surface area (Å²) in [5, 5.41) is 6.17. The Labute approximate surface area is 110 Å². The van der Waals surface area contributed by atoms with Crippen LogP contribution in [-0.4, -0.2) is 28.6 Å². The molecule has 104 valence electrons. The highest BCUT2D eigenvalue weighted by atomic mass is 32.2. The number of aromatic amines is 2. The maximum Gasteiger partial charge on any atom is 0.258 e. The third-order valence-corrected chi connectivity index (χ3v) is 4.21. The summed E-state index contributed by atoms with van der Waals surface area (Å²) in [5.41, 5.74) is 5.93. The van der Waals surface area contributed by atoms with Crippen LogP contribution in [0.1, 0.15) is 30.8 Å². The first-order valence-electron chi connectivity index (χ1n) is 5.82. The average molecular weight is 284 g/mol. The molecule has 1 atom stereocenters. The predicted molar refractivity (Wildman–Crippen MR) is 68.4 cm³/mol. The zero-order chi connectivity index (χ0) is 13.9. The van der Waals surface area contributed by atoms with Crippen LogP contribution in [0.2, 0.25) is 0 Å². The van der Waals surface area contributed by atoms with Gasteiger partial charge in [0.05, 0.1) is 12.2 Å². The molecule has 5 N–H and O–H groups in total. The summed E-state index contributed by atoms with van der Waals surface area (Å²) < 4.78 is 27.1. The summed E-state index contributed by atoms with van der Waals surface area (Å²) in [6.07, 6.45) is 5.20. The molecular weight excluding hydrogens is 268 g/mol. The minimum atomic E-state index is -3.71. The number of imidazole rings is 1. The molecule has 0 fully saturated rings. The molecule has 2 heterocycles. The molecule has 0 saturated heterocycles. The van der Waals surface area contributed by atoms with Gasteiger partial charge in [0.15, 0.2) is 5.03 Å². The van der Waals surface area contributed by atoms with E-state index in [0.717, 1.165) is 0 Å². The lowest BCUT2D eigenvalue weighted by Crippen LogP contribution is -2.30. The van der Waals surface area contributed by atoms with Crippen molar-refractivity contribution >= 4 is 10.0 Å². The van der Waals surface area contributed by atoms with E-state index in [-0.39, 0.29) is 11.6 Å². The second-order valence-corrected chi connectivity index (χ2v) is 5.64. The molecule has 2 rings (SSSR count). The molecule has 0 aliphatic heterocycles. The van der Waals surface area contributed by atoms with E-state index >= 15 is 0 Å². The molecule has 9 heteroatoms. The second kappa shape index (κ2) is 5.51. The van der Waals surface area contributed by atoms with Crippen LogP contribution in [0.15, 0.2) is 23.6 Å². The first-order chi connectivity index (χ1) is 9.08. The molecule has 0 aromatic carbocycles. The van der Waals surface area contributed by atoms with E-state index in [1.165, 1.54) is 6.20 Å². The zero-order valence-electron chi connectivity index (χ0n) is 10.4. The van der Waals surface area contributed by atoms with Crippen LogP contribution in [-0.2, 0) is 16.6 Å². The number of sulfonamides is 1. The molecule has 0 aliphatic rings. The van der Waals surface area contributed by atoms with Gasteiger partial charge in [-0.3, -0.25) is 5.10 Å². The smallest absolute Gasteiger partial charge is 0.258 e. The van der Waals surface area contributed by atoms with Crippen LogP contribution in [0.4, 0.5) is 0 Å². The molecule has 19 heavy (non-hydrogen) atoms. The van der Waals surface area contributed by atoms with Gasteiger partial charge < -0.3 is 10.7 Å². The van der Waals surface area contributed by atoms with Crippen molar-refractivity contribution in [2.24, 2.45) is 5.73 Å². The Morgan fingerprint density at radius 2 is 2.32 bits per heavy atom. The van der Waals surface area contributed by atoms with Crippen LogP contribution in [0.25, 0.3) is 0 Å². The molecule has 2 aromatic heterocycles. The summed E-state index contributed by atoms with van der Waals surface area (Å²) in [7, 11) is -3.71. The van der Waals surface area contributed by atoms with Crippen LogP contribution in [0.5, 0.6) is 0 Å². The molecule has 0 amide bonds. The Hall–Kier alpha value is -1.71. The predicted octanol–water partition coefficient (Wildman–Crippen LogP) is 0.0211. The van der Waals surface area contributed by atoms with Crippen molar-refractivity contribution in [2.45, 2.75) is 31.0 Å². The molecule has 0 bridgehead atoms. The molecule has 1 unspecified atom stereocenters. The van der Waals surface area contributed by atoms with Gasteiger partial charge in [0.2, 0.25) is 0 Å². The number of hydrogen-bond donors (Lipinski definition) is 4. The van der Waals surface area contributed by atoms with E-state index in [1.54, 1.807) is 12.4 Å². The van der Waals surface area contributed by atoms with Crippen molar-refractivity contribution in [3.63, 3.8) is 0 Å². The van der Waals surface area contributed by atoms with Crippen molar-refractivity contribution in [1.82, 2.24) is 24.9 Å². The lowest BCUT2D eigenvalue weighted by Gasteiger charge is -2.14. The summed E-state index contributed by atoms with van der Waals surface area (Å²) >= 11 is 0. The zero-order valence-corrected chi connectivity index (χ0v) is 11.2. The minimum Gasteiger partial charge on any atom is -0.347 e. The van der Waals surface area contributed by atoms with Crippen LogP contribution in [0.3, 0.4) is 0 Å². The normalized spacial score (nSPS) is 13.6. The number of nitrogens with two attached hydrogens (primary N) is 1. The fourth-order valence-corrected chi connectivity index (χ4v) is 3.15. The van der Waals surface area contributed by atoms with Gasteiger partial charge in [0.25, 0.3) is 10.0 Å². The number of hydrogen-bond acceptors (Lipinski definition) is 5. The number of rotatable bonds is 6. The topological polar surface area (TPSA) is 130 Å². The SMILES string of the molecule is CCC(NS(=O)(=O)c1[nH]ncc1CN)c1ncc[nH]1. The van der Waals surface area contributed by atoms with Crippen LogP contribution >= 0.6 is 0 Å². The van der Waals surface area contributed by atoms with Gasteiger partial charge in [-0.1, -0.05) is 6.92 Å². The lowest BCUT2D eigenvalue weighted by molar-refractivity contribution is 0.535. The van der Waals surface area contributed by atoms with Crippen molar-refractivity contribution in [1.29, 1.82) is 0 Å². The van der Waals surface area contributed by atoms with E-state index in [4.69, 9.17) is 5.73 Å². The van der Waals surface area contributed by atoms with Crippen LogP contribution < -0.4 is 10.5 Å². The molecule has 8 nitrogen and oxygen atoms in total. The summed E-state index contributed by atoms with van der Waals surface area (Å²) in [5.74, 6) is 0.569.